The molecule has 0 spiro atoms. The number of nitrogens with two attached hydrogens (primary N) is 1. The number of halogens is 1. The second-order valence-electron chi connectivity index (χ2n) is 6.97. The van der Waals surface area contributed by atoms with Crippen LogP contribution >= 0.6 is 0 Å². The van der Waals surface area contributed by atoms with E-state index in [0.717, 1.165) is 12.8 Å². The summed E-state index contributed by atoms with van der Waals surface area (Å²) in [7, 11) is -3.91. The molecule has 1 aliphatic carbocycles. The number of rotatable bonds is 6. The van der Waals surface area contributed by atoms with Crippen molar-refractivity contribution in [2.45, 2.75) is 36.0 Å². The van der Waals surface area contributed by atoms with E-state index in [0.29, 0.717) is 12.8 Å². The molecule has 0 bridgehead atoms. The van der Waals surface area contributed by atoms with E-state index in [1.807, 2.05) is 0 Å². The lowest BCUT2D eigenvalue weighted by Gasteiger charge is -2.27. The third-order valence-electron chi connectivity index (χ3n) is 5.02. The Morgan fingerprint density at radius 2 is 1.79 bits per heavy atom. The van der Waals surface area contributed by atoms with E-state index in [2.05, 4.69) is 5.32 Å². The Hall–Kier alpha value is -2.78. The molecule has 2 aromatic carbocycles. The average Bonchev–Trinajstić information content (AvgIpc) is 3.17. The Balaban J connectivity index is 1.68. The van der Waals surface area contributed by atoms with Crippen molar-refractivity contribution < 1.29 is 27.1 Å². The SMILES string of the molecule is NS(=O)(=O)c1cccc(NC(=O)COC(=O)C2(c3ccccc3F)CCCC2)c1. The monoisotopic (exact) mass is 420 g/mol. The molecule has 29 heavy (non-hydrogen) atoms. The first kappa shape index (κ1) is 20.9. The van der Waals surface area contributed by atoms with Gasteiger partial charge >= 0.3 is 5.97 Å². The van der Waals surface area contributed by atoms with Crippen LogP contribution in [0, 0.1) is 5.82 Å². The van der Waals surface area contributed by atoms with Gasteiger partial charge in [0, 0.05) is 11.3 Å². The number of carbonyl (C=O) groups is 2. The fourth-order valence-electron chi connectivity index (χ4n) is 3.63. The molecule has 3 rings (SSSR count). The number of hydrogen-bond acceptors (Lipinski definition) is 5. The van der Waals surface area contributed by atoms with Crippen molar-refractivity contribution in [1.29, 1.82) is 0 Å². The highest BCUT2D eigenvalue weighted by Crippen LogP contribution is 2.43. The fourth-order valence-corrected chi connectivity index (χ4v) is 4.19. The number of benzene rings is 2. The summed E-state index contributed by atoms with van der Waals surface area (Å²) in [5.41, 5.74) is -0.620. The van der Waals surface area contributed by atoms with Crippen LogP contribution in [0.15, 0.2) is 53.4 Å². The molecule has 0 aliphatic heterocycles. The van der Waals surface area contributed by atoms with Crippen LogP contribution in [0.5, 0.6) is 0 Å². The predicted octanol–water partition coefficient (Wildman–Crippen LogP) is 2.47. The highest BCUT2D eigenvalue weighted by molar-refractivity contribution is 7.89. The number of ether oxygens (including phenoxy) is 1. The van der Waals surface area contributed by atoms with E-state index in [1.165, 1.54) is 30.3 Å². The zero-order valence-corrected chi connectivity index (χ0v) is 16.4. The minimum absolute atomic E-state index is 0.156. The van der Waals surface area contributed by atoms with Crippen LogP contribution in [0.4, 0.5) is 10.1 Å². The van der Waals surface area contributed by atoms with Gasteiger partial charge in [-0.25, -0.2) is 17.9 Å². The van der Waals surface area contributed by atoms with Gasteiger partial charge in [-0.1, -0.05) is 37.1 Å². The second-order valence-corrected chi connectivity index (χ2v) is 8.53. The fraction of sp³-hybridized carbons (Fsp3) is 0.300. The average molecular weight is 420 g/mol. The molecule has 1 saturated carbocycles. The summed E-state index contributed by atoms with van der Waals surface area (Å²) in [5.74, 6) is -1.77. The van der Waals surface area contributed by atoms with Gasteiger partial charge in [0.05, 0.1) is 10.3 Å². The minimum Gasteiger partial charge on any atom is -0.455 e. The van der Waals surface area contributed by atoms with Crippen LogP contribution in [0.1, 0.15) is 31.2 Å². The summed E-state index contributed by atoms with van der Waals surface area (Å²) in [4.78, 5) is 24.8. The second kappa shape index (κ2) is 8.30. The molecule has 0 saturated heterocycles. The van der Waals surface area contributed by atoms with Crippen LogP contribution < -0.4 is 10.5 Å². The van der Waals surface area contributed by atoms with Crippen molar-refractivity contribution in [2.75, 3.05) is 11.9 Å². The van der Waals surface area contributed by atoms with Crippen LogP contribution in [-0.4, -0.2) is 26.9 Å². The third-order valence-corrected chi connectivity index (χ3v) is 5.93. The largest absolute Gasteiger partial charge is 0.455 e. The summed E-state index contributed by atoms with van der Waals surface area (Å²) in [5, 5.41) is 7.52. The van der Waals surface area contributed by atoms with Gasteiger partial charge in [-0.2, -0.15) is 0 Å². The number of primary sulfonamides is 1. The Morgan fingerprint density at radius 3 is 2.45 bits per heavy atom. The molecule has 0 aromatic heterocycles. The van der Waals surface area contributed by atoms with Crippen molar-refractivity contribution in [3.05, 3.63) is 59.9 Å². The van der Waals surface area contributed by atoms with Crippen LogP contribution in [-0.2, 0) is 29.8 Å². The lowest BCUT2D eigenvalue weighted by atomic mass is 9.78. The van der Waals surface area contributed by atoms with Crippen molar-refractivity contribution in [3.8, 4) is 0 Å². The van der Waals surface area contributed by atoms with Crippen molar-refractivity contribution in [2.24, 2.45) is 5.14 Å². The van der Waals surface area contributed by atoms with Gasteiger partial charge in [-0.3, -0.25) is 9.59 Å². The van der Waals surface area contributed by atoms with Gasteiger partial charge in [0.2, 0.25) is 10.0 Å². The molecule has 2 aromatic rings. The maximum atomic E-state index is 14.3. The topological polar surface area (TPSA) is 116 Å². The summed E-state index contributed by atoms with van der Waals surface area (Å²) in [6, 6.07) is 11.5. The minimum atomic E-state index is -3.91. The highest BCUT2D eigenvalue weighted by atomic mass is 32.2. The van der Waals surface area contributed by atoms with Gasteiger partial charge in [0.15, 0.2) is 6.61 Å². The van der Waals surface area contributed by atoms with Gasteiger partial charge in [-0.05, 0) is 37.1 Å². The van der Waals surface area contributed by atoms with E-state index < -0.39 is 39.7 Å². The maximum Gasteiger partial charge on any atom is 0.317 e. The molecule has 1 fully saturated rings. The number of esters is 1. The highest BCUT2D eigenvalue weighted by Gasteiger charge is 2.45. The Morgan fingerprint density at radius 1 is 1.10 bits per heavy atom. The number of carbonyl (C=O) groups excluding carboxylic acids is 2. The molecule has 3 N–H and O–H groups in total. The Bertz CT molecular complexity index is 1030. The molecular formula is C20H21FN2O5S. The van der Waals surface area contributed by atoms with E-state index in [9.17, 15) is 22.4 Å². The molecule has 1 aliphatic rings. The molecule has 0 radical (unpaired) electrons. The summed E-state index contributed by atoms with van der Waals surface area (Å²) >= 11 is 0. The normalized spacial score (nSPS) is 15.7. The zero-order chi connectivity index (χ0) is 21.1. The first-order valence-electron chi connectivity index (χ1n) is 9.07. The van der Waals surface area contributed by atoms with Gasteiger partial charge < -0.3 is 10.1 Å². The quantitative estimate of drug-likeness (QED) is 0.697. The number of nitrogens with one attached hydrogen (secondary N) is 1. The van der Waals surface area contributed by atoms with Crippen LogP contribution in [0.2, 0.25) is 0 Å². The molecule has 0 unspecified atom stereocenters. The predicted molar refractivity (Wildman–Crippen MR) is 104 cm³/mol. The van der Waals surface area contributed by atoms with Crippen molar-refractivity contribution in [1.82, 2.24) is 0 Å². The molecule has 9 heteroatoms. The van der Waals surface area contributed by atoms with Gasteiger partial charge in [0.1, 0.15) is 5.82 Å². The number of anilines is 1. The Labute approximate surface area is 168 Å². The maximum absolute atomic E-state index is 14.3. The standard InChI is InChI=1S/C20H21FN2O5S/c21-17-9-2-1-8-16(17)20(10-3-4-11-20)19(25)28-13-18(24)23-14-6-5-7-15(12-14)29(22,26)27/h1-2,5-9,12H,3-4,10-11,13H2,(H,23,24)(H2,22,26,27). The van der Waals surface area contributed by atoms with E-state index >= 15 is 0 Å². The first-order valence-corrected chi connectivity index (χ1v) is 10.6. The van der Waals surface area contributed by atoms with Gasteiger partial charge in [0.25, 0.3) is 5.91 Å². The molecule has 0 heterocycles. The lowest BCUT2D eigenvalue weighted by molar-refractivity contribution is -0.153. The number of sulfonamides is 1. The van der Waals surface area contributed by atoms with Gasteiger partial charge in [-0.15, -0.1) is 0 Å². The lowest BCUT2D eigenvalue weighted by Crippen LogP contribution is -2.37. The third kappa shape index (κ3) is 4.63. The first-order chi connectivity index (χ1) is 13.7. The molecule has 0 atom stereocenters. The molecule has 1 amide bonds. The summed E-state index contributed by atoms with van der Waals surface area (Å²) < 4.78 is 42.3. The van der Waals surface area contributed by atoms with E-state index in [1.54, 1.807) is 18.2 Å². The van der Waals surface area contributed by atoms with Crippen LogP contribution in [0.3, 0.4) is 0 Å². The molecular weight excluding hydrogens is 399 g/mol. The number of hydrogen-bond donors (Lipinski definition) is 2. The molecule has 7 nitrogen and oxygen atoms in total. The van der Waals surface area contributed by atoms with Crippen molar-refractivity contribution >= 4 is 27.6 Å². The smallest absolute Gasteiger partial charge is 0.317 e. The zero-order valence-electron chi connectivity index (χ0n) is 15.6. The van der Waals surface area contributed by atoms with E-state index in [4.69, 9.17) is 9.88 Å². The van der Waals surface area contributed by atoms with E-state index in [-0.39, 0.29) is 16.1 Å². The van der Waals surface area contributed by atoms with Crippen LogP contribution in [0.25, 0.3) is 0 Å². The summed E-state index contributed by atoms with van der Waals surface area (Å²) in [6.07, 6.45) is 2.42. The molecule has 154 valence electrons. The van der Waals surface area contributed by atoms with Crippen molar-refractivity contribution in [3.63, 3.8) is 0 Å². The summed E-state index contributed by atoms with van der Waals surface area (Å²) in [6.45, 7) is -0.575. The number of amides is 1. The Kier molecular flexibility index (Phi) is 5.99.